The minimum absolute atomic E-state index is 0.902. The average Bonchev–Trinajstić information content (AvgIpc) is 2.53. The zero-order chi connectivity index (χ0) is 14.4. The Morgan fingerprint density at radius 3 is 2.55 bits per heavy atom. The molecular formula is C15H24N4O. The number of benzene rings is 1. The molecule has 0 amide bonds. The van der Waals surface area contributed by atoms with Crippen LogP contribution >= 0.6 is 0 Å². The number of rotatable bonds is 3. The lowest BCUT2D eigenvalue weighted by atomic mass is 10.2. The summed E-state index contributed by atoms with van der Waals surface area (Å²) >= 11 is 0. The van der Waals surface area contributed by atoms with Crippen molar-refractivity contribution in [3.8, 4) is 5.75 Å². The van der Waals surface area contributed by atoms with Crippen LogP contribution in [0.1, 0.15) is 6.92 Å². The molecule has 0 aromatic heterocycles. The lowest BCUT2D eigenvalue weighted by molar-refractivity contribution is 0.368. The van der Waals surface area contributed by atoms with Crippen molar-refractivity contribution in [1.82, 2.24) is 10.2 Å². The van der Waals surface area contributed by atoms with Gasteiger partial charge in [-0.05, 0) is 19.1 Å². The number of anilines is 1. The Labute approximate surface area is 121 Å². The molecule has 0 bridgehead atoms. The molecule has 0 radical (unpaired) electrons. The van der Waals surface area contributed by atoms with Gasteiger partial charge in [-0.2, -0.15) is 0 Å². The van der Waals surface area contributed by atoms with Crippen LogP contribution in [0.3, 0.4) is 0 Å². The fraction of sp³-hybridized carbons (Fsp3) is 0.533. The van der Waals surface area contributed by atoms with Crippen molar-refractivity contribution in [2.75, 3.05) is 51.8 Å². The second kappa shape index (κ2) is 7.03. The number of para-hydroxylation sites is 2. The van der Waals surface area contributed by atoms with E-state index in [0.29, 0.717) is 0 Å². The summed E-state index contributed by atoms with van der Waals surface area (Å²) in [7, 11) is 3.56. The van der Waals surface area contributed by atoms with Gasteiger partial charge in [0.05, 0.1) is 12.8 Å². The van der Waals surface area contributed by atoms with Gasteiger partial charge in [0.15, 0.2) is 5.96 Å². The highest BCUT2D eigenvalue weighted by Crippen LogP contribution is 2.28. The number of guanidine groups is 1. The van der Waals surface area contributed by atoms with E-state index in [4.69, 9.17) is 4.74 Å². The SMILES string of the molecule is CCNC(=NC)N1CCN(c2ccccc2OC)CC1. The van der Waals surface area contributed by atoms with Crippen LogP contribution in [0.15, 0.2) is 29.3 Å². The largest absolute Gasteiger partial charge is 0.495 e. The predicted molar refractivity (Wildman–Crippen MR) is 83.8 cm³/mol. The topological polar surface area (TPSA) is 40.1 Å². The third kappa shape index (κ3) is 3.15. The standard InChI is InChI=1S/C15H24N4O/c1-4-17-15(16-2)19-11-9-18(10-12-19)13-7-5-6-8-14(13)20-3/h5-8H,4,9-12H2,1-3H3,(H,16,17). The first-order valence-corrected chi connectivity index (χ1v) is 7.13. The van der Waals surface area contributed by atoms with Crippen molar-refractivity contribution < 1.29 is 4.74 Å². The van der Waals surface area contributed by atoms with Crippen molar-refractivity contribution in [2.45, 2.75) is 6.92 Å². The Morgan fingerprint density at radius 2 is 1.95 bits per heavy atom. The fourth-order valence-electron chi connectivity index (χ4n) is 2.54. The van der Waals surface area contributed by atoms with Crippen molar-refractivity contribution in [1.29, 1.82) is 0 Å². The molecule has 1 aromatic carbocycles. The van der Waals surface area contributed by atoms with Crippen LogP contribution in [0.4, 0.5) is 5.69 Å². The normalized spacial score (nSPS) is 16.2. The molecule has 0 saturated carbocycles. The first-order chi connectivity index (χ1) is 9.80. The summed E-state index contributed by atoms with van der Waals surface area (Å²) in [5.74, 6) is 1.93. The summed E-state index contributed by atoms with van der Waals surface area (Å²) in [6.07, 6.45) is 0. The van der Waals surface area contributed by atoms with Gasteiger partial charge in [0.2, 0.25) is 0 Å². The Morgan fingerprint density at radius 1 is 1.25 bits per heavy atom. The molecule has 1 heterocycles. The first kappa shape index (κ1) is 14.5. The van der Waals surface area contributed by atoms with Crippen LogP contribution in [0.5, 0.6) is 5.75 Å². The van der Waals surface area contributed by atoms with E-state index in [1.165, 1.54) is 5.69 Å². The molecule has 2 rings (SSSR count). The van der Waals surface area contributed by atoms with E-state index in [1.807, 2.05) is 19.2 Å². The zero-order valence-corrected chi connectivity index (χ0v) is 12.6. The van der Waals surface area contributed by atoms with E-state index in [2.05, 4.69) is 39.2 Å². The summed E-state index contributed by atoms with van der Waals surface area (Å²) in [5.41, 5.74) is 1.17. The van der Waals surface area contributed by atoms with Crippen molar-refractivity contribution in [3.63, 3.8) is 0 Å². The maximum atomic E-state index is 5.44. The van der Waals surface area contributed by atoms with Crippen LogP contribution in [0.25, 0.3) is 0 Å². The van der Waals surface area contributed by atoms with Gasteiger partial charge < -0.3 is 19.9 Å². The molecule has 0 spiro atoms. The van der Waals surface area contributed by atoms with Gasteiger partial charge >= 0.3 is 0 Å². The quantitative estimate of drug-likeness (QED) is 0.669. The second-order valence-electron chi connectivity index (χ2n) is 4.72. The fourth-order valence-corrected chi connectivity index (χ4v) is 2.54. The monoisotopic (exact) mass is 276 g/mol. The van der Waals surface area contributed by atoms with Gasteiger partial charge in [0.1, 0.15) is 5.75 Å². The molecule has 1 aliphatic heterocycles. The highest BCUT2D eigenvalue weighted by molar-refractivity contribution is 5.80. The van der Waals surface area contributed by atoms with Crippen molar-refractivity contribution in [3.05, 3.63) is 24.3 Å². The van der Waals surface area contributed by atoms with Crippen LogP contribution in [0.2, 0.25) is 0 Å². The number of hydrogen-bond acceptors (Lipinski definition) is 3. The number of nitrogens with one attached hydrogen (secondary N) is 1. The van der Waals surface area contributed by atoms with Crippen LogP contribution in [-0.4, -0.2) is 57.7 Å². The number of ether oxygens (including phenoxy) is 1. The van der Waals surface area contributed by atoms with Crippen molar-refractivity contribution >= 4 is 11.6 Å². The van der Waals surface area contributed by atoms with E-state index in [9.17, 15) is 0 Å². The molecule has 5 nitrogen and oxygen atoms in total. The van der Waals surface area contributed by atoms with Crippen LogP contribution < -0.4 is 15.0 Å². The summed E-state index contributed by atoms with van der Waals surface area (Å²) in [6.45, 7) is 6.89. The highest BCUT2D eigenvalue weighted by Gasteiger charge is 2.21. The maximum Gasteiger partial charge on any atom is 0.193 e. The van der Waals surface area contributed by atoms with E-state index in [-0.39, 0.29) is 0 Å². The number of hydrogen-bond donors (Lipinski definition) is 1. The molecule has 110 valence electrons. The van der Waals surface area contributed by atoms with Gasteiger partial charge in [-0.15, -0.1) is 0 Å². The average molecular weight is 276 g/mol. The molecule has 0 unspecified atom stereocenters. The third-order valence-electron chi connectivity index (χ3n) is 3.55. The number of aliphatic imine (C=N–C) groups is 1. The van der Waals surface area contributed by atoms with E-state index in [1.54, 1.807) is 7.11 Å². The third-order valence-corrected chi connectivity index (χ3v) is 3.55. The molecule has 20 heavy (non-hydrogen) atoms. The Balaban J connectivity index is 2.00. The van der Waals surface area contributed by atoms with Gasteiger partial charge in [-0.25, -0.2) is 0 Å². The molecule has 1 aliphatic rings. The van der Waals surface area contributed by atoms with Gasteiger partial charge in [-0.3, -0.25) is 4.99 Å². The molecule has 1 N–H and O–H groups in total. The maximum absolute atomic E-state index is 5.44. The molecule has 1 aromatic rings. The molecule has 0 atom stereocenters. The molecular weight excluding hydrogens is 252 g/mol. The number of piperazine rings is 1. The van der Waals surface area contributed by atoms with Crippen LogP contribution in [0, 0.1) is 0 Å². The lowest BCUT2D eigenvalue weighted by Crippen LogP contribution is -2.52. The Bertz CT molecular complexity index is 453. The van der Waals surface area contributed by atoms with E-state index in [0.717, 1.165) is 44.4 Å². The first-order valence-electron chi connectivity index (χ1n) is 7.13. The lowest BCUT2D eigenvalue weighted by Gasteiger charge is -2.38. The molecule has 1 fully saturated rings. The number of nitrogens with zero attached hydrogens (tertiary/aromatic N) is 3. The highest BCUT2D eigenvalue weighted by atomic mass is 16.5. The summed E-state index contributed by atoms with van der Waals surface area (Å²) in [5, 5.41) is 3.31. The van der Waals surface area contributed by atoms with Gasteiger partial charge in [-0.1, -0.05) is 12.1 Å². The summed E-state index contributed by atoms with van der Waals surface area (Å²) in [4.78, 5) is 8.99. The van der Waals surface area contributed by atoms with Gasteiger partial charge in [0, 0.05) is 39.8 Å². The van der Waals surface area contributed by atoms with Gasteiger partial charge in [0.25, 0.3) is 0 Å². The van der Waals surface area contributed by atoms with Crippen LogP contribution in [-0.2, 0) is 0 Å². The molecule has 1 saturated heterocycles. The van der Waals surface area contributed by atoms with E-state index < -0.39 is 0 Å². The summed E-state index contributed by atoms with van der Waals surface area (Å²) in [6, 6.07) is 8.19. The molecule has 0 aliphatic carbocycles. The smallest absolute Gasteiger partial charge is 0.193 e. The Kier molecular flexibility index (Phi) is 5.09. The van der Waals surface area contributed by atoms with Crippen molar-refractivity contribution in [2.24, 2.45) is 4.99 Å². The second-order valence-corrected chi connectivity index (χ2v) is 4.72. The Hall–Kier alpha value is -1.91. The number of methoxy groups -OCH3 is 1. The summed E-state index contributed by atoms with van der Waals surface area (Å²) < 4.78 is 5.44. The minimum Gasteiger partial charge on any atom is -0.495 e. The minimum atomic E-state index is 0.902. The van der Waals surface area contributed by atoms with E-state index >= 15 is 0 Å². The predicted octanol–water partition coefficient (Wildman–Crippen LogP) is 1.41. The zero-order valence-electron chi connectivity index (χ0n) is 12.6. The molecule has 5 heteroatoms.